The van der Waals surface area contributed by atoms with E-state index in [4.69, 9.17) is 10.8 Å². The summed E-state index contributed by atoms with van der Waals surface area (Å²) in [6, 6.07) is 3.25. The summed E-state index contributed by atoms with van der Waals surface area (Å²) in [7, 11) is 0. The van der Waals surface area contributed by atoms with E-state index in [2.05, 4.69) is 4.98 Å². The molecule has 70 valence electrons. The number of hydrogen-bond acceptors (Lipinski definition) is 2. The van der Waals surface area contributed by atoms with Crippen LogP contribution in [0.25, 0.3) is 0 Å². The highest BCUT2D eigenvalue weighted by Crippen LogP contribution is 2.53. The molecule has 0 radical (unpaired) electrons. The zero-order valence-corrected chi connectivity index (χ0v) is 7.16. The highest BCUT2D eigenvalue weighted by Gasteiger charge is 2.55. The van der Waals surface area contributed by atoms with E-state index in [1.54, 1.807) is 6.20 Å². The van der Waals surface area contributed by atoms with Gasteiger partial charge in [-0.3, -0.25) is 4.79 Å². The molecule has 1 fully saturated rings. The van der Waals surface area contributed by atoms with Gasteiger partial charge in [-0.05, 0) is 25.0 Å². The van der Waals surface area contributed by atoms with E-state index in [1.807, 2.05) is 12.1 Å². The Labute approximate surface area is 75.8 Å². The second-order valence-corrected chi connectivity index (χ2v) is 3.56. The van der Waals surface area contributed by atoms with Crippen molar-refractivity contribution in [2.45, 2.75) is 18.9 Å². The molecule has 1 aromatic rings. The summed E-state index contributed by atoms with van der Waals surface area (Å²) in [5, 5.41) is 8.98. The van der Waals surface area contributed by atoms with Gasteiger partial charge in [-0.1, -0.05) is 0 Å². The molecule has 0 bridgehead atoms. The maximum Gasteiger partial charge on any atom is 0.311 e. The van der Waals surface area contributed by atoms with Crippen molar-refractivity contribution in [1.29, 1.82) is 0 Å². The SMILES string of the molecule is NC(c1ccc[nH]1)C1(C(=O)O)CC1. The van der Waals surface area contributed by atoms with E-state index in [9.17, 15) is 4.79 Å². The Morgan fingerprint density at radius 3 is 2.77 bits per heavy atom. The highest BCUT2D eigenvalue weighted by atomic mass is 16.4. The number of rotatable bonds is 3. The lowest BCUT2D eigenvalue weighted by Gasteiger charge is -2.17. The number of aliphatic carboxylic acids is 1. The van der Waals surface area contributed by atoms with Gasteiger partial charge in [0, 0.05) is 11.9 Å². The molecular weight excluding hydrogens is 168 g/mol. The van der Waals surface area contributed by atoms with E-state index >= 15 is 0 Å². The van der Waals surface area contributed by atoms with Gasteiger partial charge in [-0.15, -0.1) is 0 Å². The van der Waals surface area contributed by atoms with Gasteiger partial charge in [0.15, 0.2) is 0 Å². The molecule has 0 aromatic carbocycles. The first-order valence-electron chi connectivity index (χ1n) is 4.29. The summed E-state index contributed by atoms with van der Waals surface area (Å²) in [5.41, 5.74) is 5.97. The number of carbonyl (C=O) groups is 1. The lowest BCUT2D eigenvalue weighted by molar-refractivity contribution is -0.144. The van der Waals surface area contributed by atoms with Crippen LogP contribution in [0.2, 0.25) is 0 Å². The number of carboxylic acids is 1. The summed E-state index contributed by atoms with van der Waals surface area (Å²) >= 11 is 0. The second-order valence-electron chi connectivity index (χ2n) is 3.56. The number of H-pyrrole nitrogens is 1. The topological polar surface area (TPSA) is 79.1 Å². The maximum absolute atomic E-state index is 10.9. The second kappa shape index (κ2) is 2.60. The minimum atomic E-state index is -0.783. The van der Waals surface area contributed by atoms with Crippen LogP contribution in [0.3, 0.4) is 0 Å². The van der Waals surface area contributed by atoms with Gasteiger partial charge in [0.25, 0.3) is 0 Å². The number of hydrogen-bond donors (Lipinski definition) is 3. The minimum Gasteiger partial charge on any atom is -0.481 e. The molecule has 0 spiro atoms. The monoisotopic (exact) mass is 180 g/mol. The first-order valence-corrected chi connectivity index (χ1v) is 4.29. The van der Waals surface area contributed by atoms with Crippen LogP contribution >= 0.6 is 0 Å². The van der Waals surface area contributed by atoms with Gasteiger partial charge < -0.3 is 15.8 Å². The molecule has 1 aliphatic carbocycles. The fraction of sp³-hybridized carbons (Fsp3) is 0.444. The van der Waals surface area contributed by atoms with E-state index < -0.39 is 17.4 Å². The molecule has 0 saturated heterocycles. The third-order valence-electron chi connectivity index (χ3n) is 2.77. The molecule has 1 heterocycles. The Morgan fingerprint density at radius 2 is 2.38 bits per heavy atom. The van der Waals surface area contributed by atoms with Crippen LogP contribution in [0.15, 0.2) is 18.3 Å². The predicted octanol–water partition coefficient (Wildman–Crippen LogP) is 0.879. The normalized spacial score (nSPS) is 21.0. The summed E-state index contributed by atoms with van der Waals surface area (Å²) < 4.78 is 0. The Morgan fingerprint density at radius 1 is 1.69 bits per heavy atom. The third kappa shape index (κ3) is 1.14. The zero-order chi connectivity index (χ0) is 9.47. The van der Waals surface area contributed by atoms with Crippen molar-refractivity contribution in [1.82, 2.24) is 4.98 Å². The van der Waals surface area contributed by atoms with Gasteiger partial charge in [0.1, 0.15) is 0 Å². The molecule has 2 rings (SSSR count). The maximum atomic E-state index is 10.9. The average Bonchev–Trinajstić information content (AvgIpc) is 2.74. The Balaban J connectivity index is 2.23. The summed E-state index contributed by atoms with van der Waals surface area (Å²) in [6.45, 7) is 0. The van der Waals surface area contributed by atoms with Crippen molar-refractivity contribution in [2.75, 3.05) is 0 Å². The van der Waals surface area contributed by atoms with Crippen LogP contribution < -0.4 is 5.73 Å². The molecule has 1 aliphatic rings. The van der Waals surface area contributed by atoms with Gasteiger partial charge in [0.05, 0.1) is 11.5 Å². The first-order chi connectivity index (χ1) is 6.17. The molecule has 0 amide bonds. The van der Waals surface area contributed by atoms with Crippen LogP contribution in [0.5, 0.6) is 0 Å². The Bertz CT molecular complexity index is 314. The molecule has 0 aliphatic heterocycles. The van der Waals surface area contributed by atoms with Crippen molar-refractivity contribution in [3.05, 3.63) is 24.0 Å². The van der Waals surface area contributed by atoms with Crippen LogP contribution in [-0.2, 0) is 4.79 Å². The van der Waals surface area contributed by atoms with Crippen molar-refractivity contribution in [3.8, 4) is 0 Å². The molecular formula is C9H12N2O2. The number of aromatic amines is 1. The van der Waals surface area contributed by atoms with Crippen molar-refractivity contribution >= 4 is 5.97 Å². The van der Waals surface area contributed by atoms with Crippen LogP contribution in [-0.4, -0.2) is 16.1 Å². The molecule has 1 atom stereocenters. The molecule has 1 unspecified atom stereocenters. The number of nitrogens with two attached hydrogens (primary N) is 1. The first kappa shape index (κ1) is 8.31. The third-order valence-corrected chi connectivity index (χ3v) is 2.77. The smallest absolute Gasteiger partial charge is 0.311 e. The standard InChI is InChI=1S/C9H12N2O2/c10-7(6-2-1-5-11-6)9(3-4-9)8(12)13/h1-2,5,7,11H,3-4,10H2,(H,12,13). The molecule has 4 heteroatoms. The van der Waals surface area contributed by atoms with Gasteiger partial charge in [-0.2, -0.15) is 0 Å². The molecule has 1 saturated carbocycles. The number of aromatic nitrogens is 1. The highest BCUT2D eigenvalue weighted by molar-refractivity contribution is 5.79. The Kier molecular flexibility index (Phi) is 1.66. The predicted molar refractivity (Wildman–Crippen MR) is 47.0 cm³/mol. The van der Waals surface area contributed by atoms with E-state index in [1.165, 1.54) is 0 Å². The Hall–Kier alpha value is -1.29. The fourth-order valence-electron chi connectivity index (χ4n) is 1.63. The lowest BCUT2D eigenvalue weighted by Crippen LogP contribution is -2.30. The van der Waals surface area contributed by atoms with E-state index in [0.717, 1.165) is 5.69 Å². The minimum absolute atomic E-state index is 0.403. The van der Waals surface area contributed by atoms with E-state index in [0.29, 0.717) is 12.8 Å². The molecule has 4 nitrogen and oxygen atoms in total. The van der Waals surface area contributed by atoms with Gasteiger partial charge >= 0.3 is 5.97 Å². The molecule has 13 heavy (non-hydrogen) atoms. The van der Waals surface area contributed by atoms with E-state index in [-0.39, 0.29) is 0 Å². The summed E-state index contributed by atoms with van der Waals surface area (Å²) in [5.74, 6) is -0.783. The quantitative estimate of drug-likeness (QED) is 0.646. The fourth-order valence-corrected chi connectivity index (χ4v) is 1.63. The zero-order valence-electron chi connectivity index (χ0n) is 7.16. The van der Waals surface area contributed by atoms with Crippen LogP contribution in [0.4, 0.5) is 0 Å². The largest absolute Gasteiger partial charge is 0.481 e. The van der Waals surface area contributed by atoms with Crippen molar-refractivity contribution in [3.63, 3.8) is 0 Å². The molecule has 4 N–H and O–H groups in total. The van der Waals surface area contributed by atoms with Crippen LogP contribution in [0.1, 0.15) is 24.6 Å². The lowest BCUT2D eigenvalue weighted by atomic mass is 9.95. The number of nitrogens with one attached hydrogen (secondary N) is 1. The van der Waals surface area contributed by atoms with Crippen LogP contribution in [0, 0.1) is 5.41 Å². The van der Waals surface area contributed by atoms with Crippen molar-refractivity contribution < 1.29 is 9.90 Å². The average molecular weight is 180 g/mol. The number of carboxylic acid groups (broad SMARTS) is 1. The van der Waals surface area contributed by atoms with Gasteiger partial charge in [0.2, 0.25) is 0 Å². The summed E-state index contributed by atoms with van der Waals surface area (Å²) in [4.78, 5) is 13.9. The van der Waals surface area contributed by atoms with Crippen molar-refractivity contribution in [2.24, 2.45) is 11.1 Å². The van der Waals surface area contributed by atoms with Gasteiger partial charge in [-0.25, -0.2) is 0 Å². The molecule has 1 aromatic heterocycles. The summed E-state index contributed by atoms with van der Waals surface area (Å²) in [6.07, 6.45) is 3.12.